The van der Waals surface area contributed by atoms with Crippen molar-refractivity contribution < 1.29 is 9.22 Å². The van der Waals surface area contributed by atoms with Crippen LogP contribution in [0.1, 0.15) is 110 Å². The molecule has 0 heterocycles. The van der Waals surface area contributed by atoms with Crippen molar-refractivity contribution in [3.63, 3.8) is 0 Å². The monoisotopic (exact) mass is 382 g/mol. The van der Waals surface area contributed by atoms with E-state index in [2.05, 4.69) is 38.7 Å². The Morgan fingerprint density at radius 3 is 1.58 bits per heavy atom. The highest BCUT2D eigenvalue weighted by Gasteiger charge is 2.19. The molecule has 26 heavy (non-hydrogen) atoms. The quantitative estimate of drug-likeness (QED) is 0.136. The van der Waals surface area contributed by atoms with E-state index in [4.69, 9.17) is 4.43 Å². The van der Waals surface area contributed by atoms with Crippen LogP contribution in [0.5, 0.6) is 0 Å². The van der Waals surface area contributed by atoms with Gasteiger partial charge in [-0.15, -0.1) is 0 Å². The molecular formula is C23H46O2Si. The van der Waals surface area contributed by atoms with Gasteiger partial charge in [-0.1, -0.05) is 83.3 Å². The molecule has 0 aliphatic carbocycles. The maximum absolute atomic E-state index is 11.6. The van der Waals surface area contributed by atoms with Crippen LogP contribution in [0.25, 0.3) is 0 Å². The maximum Gasteiger partial charge on any atom is 0.292 e. The van der Waals surface area contributed by atoms with Gasteiger partial charge in [-0.25, -0.2) is 0 Å². The van der Waals surface area contributed by atoms with Crippen LogP contribution in [0.3, 0.4) is 0 Å². The summed E-state index contributed by atoms with van der Waals surface area (Å²) in [6.45, 7) is 8.46. The predicted molar refractivity (Wildman–Crippen MR) is 118 cm³/mol. The first-order chi connectivity index (χ1) is 12.5. The Labute approximate surface area is 165 Å². The van der Waals surface area contributed by atoms with Crippen LogP contribution in [0, 0.1) is 0 Å². The second-order valence-corrected chi connectivity index (χ2v) is 13.1. The smallest absolute Gasteiger partial charge is 0.292 e. The lowest BCUT2D eigenvalue weighted by atomic mass is 10.1. The molecule has 3 heteroatoms. The molecule has 0 aromatic carbocycles. The van der Waals surface area contributed by atoms with E-state index in [1.165, 1.54) is 89.9 Å². The summed E-state index contributed by atoms with van der Waals surface area (Å²) in [6.07, 6.45) is 25.0. The summed E-state index contributed by atoms with van der Waals surface area (Å²) in [6, 6.07) is 0. The van der Waals surface area contributed by atoms with Crippen molar-refractivity contribution in [1.29, 1.82) is 0 Å². The molecule has 0 fully saturated rings. The Morgan fingerprint density at radius 2 is 1.12 bits per heavy atom. The molecule has 0 aromatic rings. The minimum atomic E-state index is -1.69. The number of hydrogen-bond acceptors (Lipinski definition) is 2. The molecule has 0 saturated carbocycles. The Morgan fingerprint density at radius 1 is 0.692 bits per heavy atom. The van der Waals surface area contributed by atoms with Crippen LogP contribution in [-0.2, 0) is 9.22 Å². The minimum absolute atomic E-state index is 0.0131. The zero-order valence-electron chi connectivity index (χ0n) is 18.3. The SMILES string of the molecule is CCCCCC/C=C\CCCCCCCCCCCC(=O)O[Si](C)(C)C. The van der Waals surface area contributed by atoms with Gasteiger partial charge in [0, 0.05) is 6.42 Å². The predicted octanol–water partition coefficient (Wildman–Crippen LogP) is 8.18. The first-order valence-corrected chi connectivity index (χ1v) is 14.7. The number of rotatable bonds is 18. The topological polar surface area (TPSA) is 26.3 Å². The van der Waals surface area contributed by atoms with Crippen LogP contribution < -0.4 is 0 Å². The third-order valence-electron chi connectivity index (χ3n) is 4.56. The lowest BCUT2D eigenvalue weighted by Crippen LogP contribution is -2.28. The standard InChI is InChI=1S/C23H46O2Si/c1-5-6-7-8-9-10-11-12-13-14-15-16-17-18-19-20-21-22-23(24)25-26(2,3)4/h10-11H,5-9,12-22H2,1-4H3/b11-10-. The van der Waals surface area contributed by atoms with Crippen molar-refractivity contribution in [3.8, 4) is 0 Å². The van der Waals surface area contributed by atoms with Crippen LogP contribution in [0.4, 0.5) is 0 Å². The van der Waals surface area contributed by atoms with Crippen LogP contribution in [0.15, 0.2) is 12.2 Å². The van der Waals surface area contributed by atoms with Gasteiger partial charge in [0.05, 0.1) is 0 Å². The van der Waals surface area contributed by atoms with Crippen molar-refractivity contribution in [1.82, 2.24) is 0 Å². The molecule has 2 nitrogen and oxygen atoms in total. The maximum atomic E-state index is 11.6. The molecule has 0 radical (unpaired) electrons. The molecule has 0 rings (SSSR count). The second kappa shape index (κ2) is 17.8. The zero-order valence-corrected chi connectivity index (χ0v) is 19.3. The molecule has 0 aliphatic rings. The summed E-state index contributed by atoms with van der Waals surface area (Å²) in [5.74, 6) is 0.0131. The van der Waals surface area contributed by atoms with Gasteiger partial charge in [-0.05, 0) is 51.7 Å². The normalized spacial score (nSPS) is 12.0. The molecule has 154 valence electrons. The van der Waals surface area contributed by atoms with Gasteiger partial charge in [0.15, 0.2) is 0 Å². The van der Waals surface area contributed by atoms with Crippen molar-refractivity contribution in [2.75, 3.05) is 0 Å². The number of unbranched alkanes of at least 4 members (excludes halogenated alkanes) is 13. The van der Waals surface area contributed by atoms with E-state index in [-0.39, 0.29) is 5.97 Å². The number of carbonyl (C=O) groups is 1. The van der Waals surface area contributed by atoms with Crippen molar-refractivity contribution >= 4 is 14.3 Å². The van der Waals surface area contributed by atoms with Gasteiger partial charge < -0.3 is 4.43 Å². The van der Waals surface area contributed by atoms with E-state index >= 15 is 0 Å². The molecule has 0 saturated heterocycles. The van der Waals surface area contributed by atoms with Gasteiger partial charge in [0.2, 0.25) is 8.32 Å². The molecule has 0 unspecified atom stereocenters. The lowest BCUT2D eigenvalue weighted by Gasteiger charge is -2.17. The molecule has 0 aromatic heterocycles. The first kappa shape index (κ1) is 25.4. The van der Waals surface area contributed by atoms with Crippen LogP contribution >= 0.6 is 0 Å². The first-order valence-electron chi connectivity index (χ1n) is 11.3. The minimum Gasteiger partial charge on any atom is -0.520 e. The highest BCUT2D eigenvalue weighted by atomic mass is 28.4. The van der Waals surface area contributed by atoms with Gasteiger partial charge >= 0.3 is 0 Å². The average Bonchev–Trinajstić information content (AvgIpc) is 2.56. The average molecular weight is 383 g/mol. The lowest BCUT2D eigenvalue weighted by molar-refractivity contribution is -0.135. The Hall–Kier alpha value is -0.573. The molecule has 0 spiro atoms. The molecule has 0 bridgehead atoms. The summed E-state index contributed by atoms with van der Waals surface area (Å²) in [5.41, 5.74) is 0. The Kier molecular flexibility index (Phi) is 17.4. The molecule has 0 N–H and O–H groups in total. The highest BCUT2D eigenvalue weighted by Crippen LogP contribution is 2.13. The van der Waals surface area contributed by atoms with E-state index in [0.717, 1.165) is 6.42 Å². The molecule has 0 atom stereocenters. The van der Waals surface area contributed by atoms with E-state index in [9.17, 15) is 4.79 Å². The van der Waals surface area contributed by atoms with Crippen molar-refractivity contribution in [2.24, 2.45) is 0 Å². The van der Waals surface area contributed by atoms with Gasteiger partial charge in [0.25, 0.3) is 5.97 Å². The number of allylic oxidation sites excluding steroid dienone is 2. The summed E-state index contributed by atoms with van der Waals surface area (Å²) in [4.78, 5) is 11.6. The molecule has 0 amide bonds. The van der Waals surface area contributed by atoms with Crippen molar-refractivity contribution in [2.45, 2.75) is 129 Å². The summed E-state index contributed by atoms with van der Waals surface area (Å²) in [7, 11) is -1.69. The van der Waals surface area contributed by atoms with E-state index in [1.807, 2.05) is 0 Å². The Balaban J connectivity index is 3.20. The molecular weight excluding hydrogens is 336 g/mol. The van der Waals surface area contributed by atoms with Gasteiger partial charge in [-0.3, -0.25) is 4.79 Å². The van der Waals surface area contributed by atoms with Crippen molar-refractivity contribution in [3.05, 3.63) is 12.2 Å². The van der Waals surface area contributed by atoms with Crippen LogP contribution in [0.2, 0.25) is 19.6 Å². The third-order valence-corrected chi connectivity index (χ3v) is 5.40. The van der Waals surface area contributed by atoms with Gasteiger partial charge in [-0.2, -0.15) is 0 Å². The third kappa shape index (κ3) is 21.5. The number of carbonyl (C=O) groups excluding carboxylic acids is 1. The fourth-order valence-electron chi connectivity index (χ4n) is 3.09. The van der Waals surface area contributed by atoms with E-state index < -0.39 is 8.32 Å². The zero-order chi connectivity index (χ0) is 19.5. The summed E-state index contributed by atoms with van der Waals surface area (Å²) >= 11 is 0. The second-order valence-electron chi connectivity index (χ2n) is 8.63. The summed E-state index contributed by atoms with van der Waals surface area (Å²) < 4.78 is 5.46. The van der Waals surface area contributed by atoms with E-state index in [1.54, 1.807) is 0 Å². The molecule has 0 aliphatic heterocycles. The fourth-order valence-corrected chi connectivity index (χ4v) is 3.87. The fraction of sp³-hybridized carbons (Fsp3) is 0.870. The van der Waals surface area contributed by atoms with Crippen LogP contribution in [-0.4, -0.2) is 14.3 Å². The largest absolute Gasteiger partial charge is 0.520 e. The Bertz CT molecular complexity index is 345. The summed E-state index contributed by atoms with van der Waals surface area (Å²) in [5, 5.41) is 0. The number of hydrogen-bond donors (Lipinski definition) is 0. The highest BCUT2D eigenvalue weighted by molar-refractivity contribution is 6.71. The van der Waals surface area contributed by atoms with Gasteiger partial charge in [0.1, 0.15) is 0 Å². The van der Waals surface area contributed by atoms with E-state index in [0.29, 0.717) is 6.42 Å².